The normalized spacial score (nSPS) is 22.2. The second-order valence-corrected chi connectivity index (χ2v) is 7.50. The number of carbonyl (C=O) groups excluding carboxylic acids is 1. The van der Waals surface area contributed by atoms with Crippen LogP contribution in [0.25, 0.3) is 0 Å². The molecule has 138 valence electrons. The van der Waals surface area contributed by atoms with Crippen LogP contribution in [0.1, 0.15) is 32.3 Å². The van der Waals surface area contributed by atoms with Crippen LogP contribution in [0.3, 0.4) is 0 Å². The van der Waals surface area contributed by atoms with Gasteiger partial charge < -0.3 is 19.7 Å². The second-order valence-electron chi connectivity index (χ2n) is 7.50. The van der Waals surface area contributed by atoms with Crippen molar-refractivity contribution >= 4 is 5.91 Å². The number of para-hydroxylation sites is 1. The Balaban J connectivity index is 1.39. The Morgan fingerprint density at radius 2 is 2.00 bits per heavy atom. The van der Waals surface area contributed by atoms with Gasteiger partial charge in [0.25, 0.3) is 0 Å². The van der Waals surface area contributed by atoms with Gasteiger partial charge >= 0.3 is 0 Å². The molecular formula is C20H30N2O3. The van der Waals surface area contributed by atoms with Gasteiger partial charge in [0.15, 0.2) is 0 Å². The molecular weight excluding hydrogens is 316 g/mol. The predicted octanol–water partition coefficient (Wildman–Crippen LogP) is 2.24. The Kier molecular flexibility index (Phi) is 5.97. The number of ether oxygens (including phenoxy) is 2. The first-order chi connectivity index (χ1) is 12.1. The molecule has 2 heterocycles. The monoisotopic (exact) mass is 346 g/mol. The van der Waals surface area contributed by atoms with Gasteiger partial charge in [-0.3, -0.25) is 4.79 Å². The fourth-order valence-corrected chi connectivity index (χ4v) is 3.67. The van der Waals surface area contributed by atoms with Crippen LogP contribution in [-0.4, -0.2) is 55.8 Å². The van der Waals surface area contributed by atoms with E-state index in [1.54, 1.807) is 0 Å². The average Bonchev–Trinajstić information content (AvgIpc) is 2.61. The van der Waals surface area contributed by atoms with Crippen molar-refractivity contribution in [3.63, 3.8) is 0 Å². The van der Waals surface area contributed by atoms with Gasteiger partial charge in [-0.2, -0.15) is 0 Å². The zero-order valence-electron chi connectivity index (χ0n) is 15.4. The lowest BCUT2D eigenvalue weighted by atomic mass is 9.80. The lowest BCUT2D eigenvalue weighted by Gasteiger charge is -2.40. The van der Waals surface area contributed by atoms with E-state index in [-0.39, 0.29) is 11.5 Å². The van der Waals surface area contributed by atoms with Gasteiger partial charge in [-0.15, -0.1) is 0 Å². The standard InChI is InChI=1S/C20H30N2O3/c1-20(2)17(15-16-5-3-4-6-18(16)25-20)7-9-21-10-8-19(23)22-11-13-24-14-12-22/h3-6,17,21H,7-15H2,1-2H3. The SMILES string of the molecule is CC1(C)Oc2ccccc2CC1CCNCCC(=O)N1CCOCC1. The Labute approximate surface area is 150 Å². The van der Waals surface area contributed by atoms with Crippen LogP contribution in [0.4, 0.5) is 0 Å². The lowest BCUT2D eigenvalue weighted by molar-refractivity contribution is -0.135. The van der Waals surface area contributed by atoms with E-state index in [0.717, 1.165) is 44.8 Å². The minimum Gasteiger partial charge on any atom is -0.487 e. The third kappa shape index (κ3) is 4.73. The van der Waals surface area contributed by atoms with Crippen LogP contribution in [0.15, 0.2) is 24.3 Å². The summed E-state index contributed by atoms with van der Waals surface area (Å²) in [7, 11) is 0. The molecule has 1 amide bonds. The summed E-state index contributed by atoms with van der Waals surface area (Å²) in [6.07, 6.45) is 2.66. The molecule has 1 aromatic carbocycles. The van der Waals surface area contributed by atoms with E-state index in [4.69, 9.17) is 9.47 Å². The van der Waals surface area contributed by atoms with E-state index in [1.165, 1.54) is 5.56 Å². The zero-order valence-corrected chi connectivity index (χ0v) is 15.4. The molecule has 1 unspecified atom stereocenters. The molecule has 0 saturated carbocycles. The van der Waals surface area contributed by atoms with Crippen LogP contribution in [0.2, 0.25) is 0 Å². The number of fused-ring (bicyclic) bond motifs is 1. The minimum absolute atomic E-state index is 0.153. The Hall–Kier alpha value is -1.59. The Morgan fingerprint density at radius 3 is 2.80 bits per heavy atom. The van der Waals surface area contributed by atoms with Crippen molar-refractivity contribution < 1.29 is 14.3 Å². The third-order valence-electron chi connectivity index (χ3n) is 5.34. The van der Waals surface area contributed by atoms with Gasteiger partial charge in [-0.05, 0) is 44.9 Å². The summed E-state index contributed by atoms with van der Waals surface area (Å²) in [5.74, 6) is 1.73. The molecule has 1 fully saturated rings. The van der Waals surface area contributed by atoms with Crippen molar-refractivity contribution in [2.45, 2.75) is 38.7 Å². The molecule has 1 saturated heterocycles. The number of nitrogens with one attached hydrogen (secondary N) is 1. The summed E-state index contributed by atoms with van der Waals surface area (Å²) in [4.78, 5) is 14.0. The smallest absolute Gasteiger partial charge is 0.224 e. The van der Waals surface area contributed by atoms with Gasteiger partial charge in [0.05, 0.1) is 13.2 Å². The molecule has 0 bridgehead atoms. The topological polar surface area (TPSA) is 50.8 Å². The molecule has 5 nitrogen and oxygen atoms in total. The van der Waals surface area contributed by atoms with Gasteiger partial charge in [0.1, 0.15) is 11.4 Å². The highest BCUT2D eigenvalue weighted by atomic mass is 16.5. The number of amides is 1. The van der Waals surface area contributed by atoms with E-state index >= 15 is 0 Å². The molecule has 1 atom stereocenters. The van der Waals surface area contributed by atoms with E-state index in [1.807, 2.05) is 11.0 Å². The highest BCUT2D eigenvalue weighted by Crippen LogP contribution is 2.38. The number of carbonyl (C=O) groups is 1. The largest absolute Gasteiger partial charge is 0.487 e. The van der Waals surface area contributed by atoms with Crippen molar-refractivity contribution in [1.29, 1.82) is 0 Å². The maximum atomic E-state index is 12.1. The minimum atomic E-state index is -0.153. The highest BCUT2D eigenvalue weighted by molar-refractivity contribution is 5.76. The fourth-order valence-electron chi connectivity index (χ4n) is 3.67. The first kappa shape index (κ1) is 18.2. The molecule has 1 aromatic rings. The van der Waals surface area contributed by atoms with E-state index in [2.05, 4.69) is 37.4 Å². The van der Waals surface area contributed by atoms with Crippen LogP contribution in [0, 0.1) is 5.92 Å². The number of morpholine rings is 1. The van der Waals surface area contributed by atoms with Crippen LogP contribution in [-0.2, 0) is 16.0 Å². The van der Waals surface area contributed by atoms with Gasteiger partial charge in [0.2, 0.25) is 5.91 Å². The summed E-state index contributed by atoms with van der Waals surface area (Å²) < 4.78 is 11.5. The second kappa shape index (κ2) is 8.19. The third-order valence-corrected chi connectivity index (χ3v) is 5.34. The molecule has 0 radical (unpaired) electrons. The number of hydrogen-bond donors (Lipinski definition) is 1. The van der Waals surface area contributed by atoms with Crippen molar-refractivity contribution in [2.24, 2.45) is 5.92 Å². The number of nitrogens with zero attached hydrogens (tertiary/aromatic N) is 1. The van der Waals surface area contributed by atoms with Gasteiger partial charge in [0, 0.05) is 32.0 Å². The maximum Gasteiger partial charge on any atom is 0.224 e. The zero-order chi connectivity index (χ0) is 17.7. The van der Waals surface area contributed by atoms with Crippen molar-refractivity contribution in [1.82, 2.24) is 10.2 Å². The Morgan fingerprint density at radius 1 is 1.24 bits per heavy atom. The average molecular weight is 346 g/mol. The van der Waals surface area contributed by atoms with Gasteiger partial charge in [-0.25, -0.2) is 0 Å². The van der Waals surface area contributed by atoms with Crippen LogP contribution >= 0.6 is 0 Å². The fraction of sp³-hybridized carbons (Fsp3) is 0.650. The first-order valence-electron chi connectivity index (χ1n) is 9.39. The molecule has 0 aromatic heterocycles. The quantitative estimate of drug-likeness (QED) is 0.803. The van der Waals surface area contributed by atoms with E-state index in [9.17, 15) is 4.79 Å². The number of benzene rings is 1. The molecule has 5 heteroatoms. The molecule has 2 aliphatic rings. The summed E-state index contributed by atoms with van der Waals surface area (Å²) in [5, 5.41) is 3.43. The summed E-state index contributed by atoms with van der Waals surface area (Å²) in [5.41, 5.74) is 1.15. The Bertz CT molecular complexity index is 582. The van der Waals surface area contributed by atoms with Crippen molar-refractivity contribution in [3.05, 3.63) is 29.8 Å². The summed E-state index contributed by atoms with van der Waals surface area (Å²) >= 11 is 0. The maximum absolute atomic E-state index is 12.1. The first-order valence-corrected chi connectivity index (χ1v) is 9.39. The van der Waals surface area contributed by atoms with Crippen molar-refractivity contribution in [2.75, 3.05) is 39.4 Å². The van der Waals surface area contributed by atoms with Crippen LogP contribution in [0.5, 0.6) is 5.75 Å². The molecule has 0 aliphatic carbocycles. The van der Waals surface area contributed by atoms with Crippen LogP contribution < -0.4 is 10.1 Å². The summed E-state index contributed by atoms with van der Waals surface area (Å²) in [6.45, 7) is 8.79. The van der Waals surface area contributed by atoms with Gasteiger partial charge in [-0.1, -0.05) is 18.2 Å². The van der Waals surface area contributed by atoms with E-state index < -0.39 is 0 Å². The molecule has 1 N–H and O–H groups in total. The van der Waals surface area contributed by atoms with E-state index in [0.29, 0.717) is 25.6 Å². The lowest BCUT2D eigenvalue weighted by Crippen LogP contribution is -2.44. The predicted molar refractivity (Wildman–Crippen MR) is 97.8 cm³/mol. The van der Waals surface area contributed by atoms with Crippen molar-refractivity contribution in [3.8, 4) is 5.75 Å². The molecule has 25 heavy (non-hydrogen) atoms. The number of hydrogen-bond acceptors (Lipinski definition) is 4. The number of rotatable bonds is 6. The molecule has 2 aliphatic heterocycles. The molecule has 3 rings (SSSR count). The molecule has 0 spiro atoms. The highest BCUT2D eigenvalue weighted by Gasteiger charge is 2.36. The summed E-state index contributed by atoms with van der Waals surface area (Å²) in [6, 6.07) is 8.32.